The number of para-hydroxylation sites is 1. The summed E-state index contributed by atoms with van der Waals surface area (Å²) in [4.78, 5) is 11.8. The normalized spacial score (nSPS) is 23.3. The van der Waals surface area contributed by atoms with Gasteiger partial charge in [0.05, 0.1) is 11.1 Å². The molecule has 104 valence electrons. The van der Waals surface area contributed by atoms with Gasteiger partial charge in [0, 0.05) is 6.54 Å². The number of hydrogen-bond donors (Lipinski definition) is 2. The van der Waals surface area contributed by atoms with E-state index in [2.05, 4.69) is 5.32 Å². The molecule has 0 spiro atoms. The number of carbonyl (C=O) groups is 1. The first-order chi connectivity index (χ1) is 9.06. The Bertz CT molecular complexity index is 446. The molecule has 0 aliphatic heterocycles. The van der Waals surface area contributed by atoms with Gasteiger partial charge in [-0.05, 0) is 37.8 Å². The molecule has 19 heavy (non-hydrogen) atoms. The minimum Gasteiger partial charge on any atom is -0.479 e. The Morgan fingerprint density at radius 2 is 2.21 bits per heavy atom. The van der Waals surface area contributed by atoms with E-state index in [1.54, 1.807) is 19.1 Å². The Morgan fingerprint density at radius 3 is 2.84 bits per heavy atom. The highest BCUT2D eigenvalue weighted by Crippen LogP contribution is 2.26. The number of benzene rings is 1. The second-order valence-corrected chi connectivity index (χ2v) is 5.33. The Kier molecular flexibility index (Phi) is 4.66. The molecule has 2 N–H and O–H groups in total. The highest BCUT2D eigenvalue weighted by molar-refractivity contribution is 6.32. The van der Waals surface area contributed by atoms with Gasteiger partial charge in [0.25, 0.3) is 5.91 Å². The van der Waals surface area contributed by atoms with Crippen LogP contribution >= 0.6 is 11.6 Å². The van der Waals surface area contributed by atoms with E-state index in [-0.39, 0.29) is 12.0 Å². The molecule has 4 nitrogen and oxygen atoms in total. The SMILES string of the molecule is CC(Oc1ccccc1Cl)C(=O)NCC1CC(O)C1. The number of aliphatic hydroxyl groups excluding tert-OH is 1. The number of hydrogen-bond acceptors (Lipinski definition) is 3. The number of aliphatic hydroxyl groups is 1. The molecule has 5 heteroatoms. The van der Waals surface area contributed by atoms with Crippen molar-refractivity contribution in [2.24, 2.45) is 5.92 Å². The summed E-state index contributed by atoms with van der Waals surface area (Å²) in [6, 6.07) is 7.06. The Morgan fingerprint density at radius 1 is 1.53 bits per heavy atom. The molecule has 1 unspecified atom stereocenters. The Hall–Kier alpha value is -1.26. The van der Waals surface area contributed by atoms with Crippen LogP contribution in [0.3, 0.4) is 0 Å². The predicted octanol–water partition coefficient (Wildman–Crippen LogP) is 1.99. The molecule has 1 aliphatic carbocycles. The monoisotopic (exact) mass is 283 g/mol. The van der Waals surface area contributed by atoms with Gasteiger partial charge < -0.3 is 15.2 Å². The van der Waals surface area contributed by atoms with Crippen molar-refractivity contribution in [2.45, 2.75) is 32.0 Å². The van der Waals surface area contributed by atoms with Crippen molar-refractivity contribution in [3.8, 4) is 5.75 Å². The molecule has 1 fully saturated rings. The quantitative estimate of drug-likeness (QED) is 0.869. The molecular weight excluding hydrogens is 266 g/mol. The zero-order valence-electron chi connectivity index (χ0n) is 10.8. The molecule has 2 rings (SSSR count). The lowest BCUT2D eigenvalue weighted by molar-refractivity contribution is -0.127. The van der Waals surface area contributed by atoms with E-state index in [0.29, 0.717) is 23.2 Å². The smallest absolute Gasteiger partial charge is 0.260 e. The number of ether oxygens (including phenoxy) is 1. The highest BCUT2D eigenvalue weighted by Gasteiger charge is 2.28. The lowest BCUT2D eigenvalue weighted by Crippen LogP contribution is -2.42. The van der Waals surface area contributed by atoms with Gasteiger partial charge in [-0.3, -0.25) is 4.79 Å². The molecule has 0 radical (unpaired) electrons. The first kappa shape index (κ1) is 14.2. The molecule has 1 aliphatic rings. The van der Waals surface area contributed by atoms with Gasteiger partial charge in [0.2, 0.25) is 0 Å². The summed E-state index contributed by atoms with van der Waals surface area (Å²) < 4.78 is 5.52. The third kappa shape index (κ3) is 3.85. The van der Waals surface area contributed by atoms with E-state index in [4.69, 9.17) is 21.4 Å². The van der Waals surface area contributed by atoms with Crippen molar-refractivity contribution >= 4 is 17.5 Å². The van der Waals surface area contributed by atoms with E-state index in [9.17, 15) is 4.79 Å². The molecule has 1 aromatic carbocycles. The van der Waals surface area contributed by atoms with E-state index >= 15 is 0 Å². The second-order valence-electron chi connectivity index (χ2n) is 4.93. The van der Waals surface area contributed by atoms with E-state index in [0.717, 1.165) is 12.8 Å². The van der Waals surface area contributed by atoms with Crippen LogP contribution < -0.4 is 10.1 Å². The third-order valence-corrected chi connectivity index (χ3v) is 3.60. The molecule has 0 saturated heterocycles. The van der Waals surface area contributed by atoms with Crippen LogP contribution in [0.5, 0.6) is 5.75 Å². The zero-order chi connectivity index (χ0) is 13.8. The van der Waals surface area contributed by atoms with Crippen molar-refractivity contribution < 1.29 is 14.6 Å². The minimum absolute atomic E-state index is 0.165. The van der Waals surface area contributed by atoms with Gasteiger partial charge in [0.1, 0.15) is 5.75 Å². The van der Waals surface area contributed by atoms with E-state index in [1.807, 2.05) is 12.1 Å². The summed E-state index contributed by atoms with van der Waals surface area (Å²) in [6.45, 7) is 2.28. The molecule has 1 aromatic rings. The van der Waals surface area contributed by atoms with E-state index in [1.165, 1.54) is 0 Å². The van der Waals surface area contributed by atoms with Crippen LogP contribution in [-0.4, -0.2) is 29.8 Å². The maximum atomic E-state index is 11.8. The second kappa shape index (κ2) is 6.26. The first-order valence-corrected chi connectivity index (χ1v) is 6.81. The van der Waals surface area contributed by atoms with Gasteiger partial charge in [-0.25, -0.2) is 0 Å². The fourth-order valence-electron chi connectivity index (χ4n) is 2.04. The highest BCUT2D eigenvalue weighted by atomic mass is 35.5. The fourth-order valence-corrected chi connectivity index (χ4v) is 2.22. The third-order valence-electron chi connectivity index (χ3n) is 3.29. The molecule has 0 heterocycles. The Balaban J connectivity index is 1.77. The maximum absolute atomic E-state index is 11.8. The number of amides is 1. The summed E-state index contributed by atoms with van der Waals surface area (Å²) in [5, 5.41) is 12.5. The number of rotatable bonds is 5. The lowest BCUT2D eigenvalue weighted by Gasteiger charge is -2.31. The summed E-state index contributed by atoms with van der Waals surface area (Å²) in [6.07, 6.45) is 0.740. The molecule has 0 aromatic heterocycles. The average molecular weight is 284 g/mol. The molecule has 1 saturated carbocycles. The van der Waals surface area contributed by atoms with E-state index < -0.39 is 6.10 Å². The van der Waals surface area contributed by atoms with Gasteiger partial charge in [-0.15, -0.1) is 0 Å². The summed E-state index contributed by atoms with van der Waals surface area (Å²) in [5.41, 5.74) is 0. The largest absolute Gasteiger partial charge is 0.479 e. The van der Waals surface area contributed by atoms with Gasteiger partial charge in [-0.2, -0.15) is 0 Å². The fraction of sp³-hybridized carbons (Fsp3) is 0.500. The standard InChI is InChI=1S/C14H18ClNO3/c1-9(19-13-5-3-2-4-12(13)15)14(18)16-8-10-6-11(17)7-10/h2-5,9-11,17H,6-8H2,1H3,(H,16,18). The van der Waals surface area contributed by atoms with Crippen molar-refractivity contribution in [3.05, 3.63) is 29.3 Å². The van der Waals surface area contributed by atoms with Crippen molar-refractivity contribution in [2.75, 3.05) is 6.54 Å². The predicted molar refractivity (Wildman–Crippen MR) is 73.3 cm³/mol. The minimum atomic E-state index is -0.593. The molecule has 1 amide bonds. The van der Waals surface area contributed by atoms with Crippen molar-refractivity contribution in [1.82, 2.24) is 5.32 Å². The molecule has 1 atom stereocenters. The van der Waals surface area contributed by atoms with Gasteiger partial charge in [0.15, 0.2) is 6.10 Å². The van der Waals surface area contributed by atoms with Crippen molar-refractivity contribution in [1.29, 1.82) is 0 Å². The lowest BCUT2D eigenvalue weighted by atomic mass is 9.82. The van der Waals surface area contributed by atoms with Crippen LogP contribution in [0.2, 0.25) is 5.02 Å². The van der Waals surface area contributed by atoms with Crippen LogP contribution in [0.1, 0.15) is 19.8 Å². The Labute approximate surface area is 117 Å². The first-order valence-electron chi connectivity index (χ1n) is 6.43. The van der Waals surface area contributed by atoms with Crippen LogP contribution in [0.4, 0.5) is 0 Å². The maximum Gasteiger partial charge on any atom is 0.260 e. The van der Waals surface area contributed by atoms with Gasteiger partial charge in [-0.1, -0.05) is 23.7 Å². The van der Waals surface area contributed by atoms with Crippen molar-refractivity contribution in [3.63, 3.8) is 0 Å². The number of nitrogens with one attached hydrogen (secondary N) is 1. The number of carbonyl (C=O) groups excluding carboxylic acids is 1. The van der Waals surface area contributed by atoms with Crippen LogP contribution in [0.25, 0.3) is 0 Å². The summed E-state index contributed by atoms with van der Waals surface area (Å²) >= 11 is 5.96. The zero-order valence-corrected chi connectivity index (χ0v) is 11.6. The van der Waals surface area contributed by atoms with Crippen LogP contribution in [0.15, 0.2) is 24.3 Å². The average Bonchev–Trinajstić information content (AvgIpc) is 2.35. The molecule has 0 bridgehead atoms. The number of halogens is 1. The van der Waals surface area contributed by atoms with Crippen LogP contribution in [0, 0.1) is 5.92 Å². The van der Waals surface area contributed by atoms with Gasteiger partial charge >= 0.3 is 0 Å². The summed E-state index contributed by atoms with van der Waals surface area (Å²) in [7, 11) is 0. The van der Waals surface area contributed by atoms with Crippen LogP contribution in [-0.2, 0) is 4.79 Å². The summed E-state index contributed by atoms with van der Waals surface area (Å²) in [5.74, 6) is 0.721. The topological polar surface area (TPSA) is 58.6 Å². The molecular formula is C14H18ClNO3.